The van der Waals surface area contributed by atoms with Gasteiger partial charge in [0.1, 0.15) is 0 Å². The van der Waals surface area contributed by atoms with Gasteiger partial charge >= 0.3 is 0 Å². The molecule has 0 bridgehead atoms. The highest BCUT2D eigenvalue weighted by molar-refractivity contribution is 9.09. The third kappa shape index (κ3) is 4.32. The van der Waals surface area contributed by atoms with Crippen molar-refractivity contribution in [2.24, 2.45) is 0 Å². The van der Waals surface area contributed by atoms with E-state index < -0.39 is 0 Å². The first kappa shape index (κ1) is 14.5. The highest BCUT2D eigenvalue weighted by Crippen LogP contribution is 2.09. The molecule has 0 saturated carbocycles. The largest absolute Gasteiger partial charge is 0.340 e. The van der Waals surface area contributed by atoms with E-state index in [-0.39, 0.29) is 5.91 Å². The van der Waals surface area contributed by atoms with Crippen molar-refractivity contribution in [1.82, 2.24) is 9.80 Å². The highest BCUT2D eigenvalue weighted by Gasteiger charge is 2.20. The highest BCUT2D eigenvalue weighted by atomic mass is 79.9. The van der Waals surface area contributed by atoms with Crippen LogP contribution in [0.2, 0.25) is 0 Å². The zero-order valence-electron chi connectivity index (χ0n) is 11.4. The quantitative estimate of drug-likeness (QED) is 0.792. The van der Waals surface area contributed by atoms with Gasteiger partial charge in [0.15, 0.2) is 0 Å². The Bertz CT molecular complexity index is 428. The van der Waals surface area contributed by atoms with Crippen molar-refractivity contribution < 1.29 is 4.79 Å². The van der Waals surface area contributed by atoms with Gasteiger partial charge in [0.25, 0.3) is 0 Å². The van der Waals surface area contributed by atoms with Gasteiger partial charge in [-0.3, -0.25) is 9.69 Å². The number of nitrogens with zero attached hydrogens (tertiary/aromatic N) is 2. The fourth-order valence-corrected chi connectivity index (χ4v) is 2.95. The molecule has 1 amide bonds. The van der Waals surface area contributed by atoms with Crippen molar-refractivity contribution in [3.63, 3.8) is 0 Å². The Hall–Kier alpha value is -0.870. The van der Waals surface area contributed by atoms with Crippen LogP contribution < -0.4 is 0 Å². The number of carbonyl (C=O) groups excluding carboxylic acids is 1. The lowest BCUT2D eigenvalue weighted by molar-refractivity contribution is -0.132. The summed E-state index contributed by atoms with van der Waals surface area (Å²) in [7, 11) is 0. The van der Waals surface area contributed by atoms with Crippen LogP contribution in [-0.2, 0) is 11.2 Å². The van der Waals surface area contributed by atoms with Crippen LogP contribution in [0.1, 0.15) is 11.1 Å². The molecule has 4 heteroatoms. The van der Waals surface area contributed by atoms with Gasteiger partial charge in [-0.1, -0.05) is 45.8 Å². The van der Waals surface area contributed by atoms with Crippen LogP contribution in [0.25, 0.3) is 0 Å². The average molecular weight is 325 g/mol. The normalized spacial score (nSPS) is 16.6. The zero-order valence-corrected chi connectivity index (χ0v) is 13.0. The van der Waals surface area contributed by atoms with Crippen molar-refractivity contribution in [3.8, 4) is 0 Å². The fourth-order valence-electron chi connectivity index (χ4n) is 2.45. The molecule has 1 saturated heterocycles. The van der Waals surface area contributed by atoms with Gasteiger partial charge in [-0.15, -0.1) is 0 Å². The molecular weight excluding hydrogens is 304 g/mol. The average Bonchev–Trinajstić information content (AvgIpc) is 2.40. The maximum Gasteiger partial charge on any atom is 0.227 e. The van der Waals surface area contributed by atoms with E-state index in [1.165, 1.54) is 5.56 Å². The number of alkyl halides is 1. The molecule has 0 aliphatic carbocycles. The van der Waals surface area contributed by atoms with E-state index in [9.17, 15) is 4.79 Å². The summed E-state index contributed by atoms with van der Waals surface area (Å²) in [4.78, 5) is 16.6. The minimum Gasteiger partial charge on any atom is -0.340 e. The second kappa shape index (κ2) is 7.06. The van der Waals surface area contributed by atoms with Gasteiger partial charge < -0.3 is 4.90 Å². The lowest BCUT2D eigenvalue weighted by atomic mass is 10.1. The smallest absolute Gasteiger partial charge is 0.227 e. The Kier molecular flexibility index (Phi) is 5.40. The molecule has 1 fully saturated rings. The molecule has 104 valence electrons. The number of carbonyl (C=O) groups is 1. The summed E-state index contributed by atoms with van der Waals surface area (Å²) in [6, 6.07) is 8.21. The molecule has 1 aromatic rings. The van der Waals surface area contributed by atoms with E-state index in [2.05, 4.69) is 39.9 Å². The van der Waals surface area contributed by atoms with E-state index in [1.54, 1.807) is 0 Å². The molecule has 19 heavy (non-hydrogen) atoms. The SMILES string of the molecule is Cc1cccc(CC(=O)N2CCN(CCBr)CC2)c1. The molecule has 1 aliphatic rings. The zero-order chi connectivity index (χ0) is 13.7. The van der Waals surface area contributed by atoms with E-state index >= 15 is 0 Å². The van der Waals surface area contributed by atoms with Crippen LogP contribution in [-0.4, -0.2) is 53.8 Å². The maximum absolute atomic E-state index is 12.2. The minimum absolute atomic E-state index is 0.254. The monoisotopic (exact) mass is 324 g/mol. The Labute approximate surface area is 123 Å². The van der Waals surface area contributed by atoms with Crippen LogP contribution in [0.4, 0.5) is 0 Å². The van der Waals surface area contributed by atoms with E-state index in [0.29, 0.717) is 6.42 Å². The first-order valence-electron chi connectivity index (χ1n) is 6.80. The first-order valence-corrected chi connectivity index (χ1v) is 7.93. The Morgan fingerprint density at radius 1 is 1.26 bits per heavy atom. The molecular formula is C15H21BrN2O. The second-order valence-corrected chi connectivity index (χ2v) is 5.87. The molecule has 0 radical (unpaired) electrons. The molecule has 0 aromatic heterocycles. The number of hydrogen-bond acceptors (Lipinski definition) is 2. The second-order valence-electron chi connectivity index (χ2n) is 5.08. The van der Waals surface area contributed by atoms with Gasteiger partial charge in [0, 0.05) is 38.1 Å². The summed E-state index contributed by atoms with van der Waals surface area (Å²) in [5.41, 5.74) is 2.33. The molecule has 0 unspecified atom stereocenters. The number of amides is 1. The van der Waals surface area contributed by atoms with E-state index in [0.717, 1.165) is 43.6 Å². The Balaban J connectivity index is 1.84. The molecule has 0 N–H and O–H groups in total. The first-order chi connectivity index (χ1) is 9.19. The molecule has 0 atom stereocenters. The summed E-state index contributed by atoms with van der Waals surface area (Å²) in [6.45, 7) is 6.83. The number of piperazine rings is 1. The molecule has 3 nitrogen and oxygen atoms in total. The summed E-state index contributed by atoms with van der Waals surface area (Å²) in [5.74, 6) is 0.254. The standard InChI is InChI=1S/C15H21BrN2O/c1-13-3-2-4-14(11-13)12-15(19)18-9-7-17(6-5-16)8-10-18/h2-4,11H,5-10,12H2,1H3. The van der Waals surface area contributed by atoms with Gasteiger partial charge in [-0.2, -0.15) is 0 Å². The van der Waals surface area contributed by atoms with E-state index in [1.807, 2.05) is 17.0 Å². The topological polar surface area (TPSA) is 23.6 Å². The van der Waals surface area contributed by atoms with Crippen molar-refractivity contribution in [1.29, 1.82) is 0 Å². The van der Waals surface area contributed by atoms with Crippen molar-refractivity contribution in [2.75, 3.05) is 38.1 Å². The Morgan fingerprint density at radius 2 is 2.00 bits per heavy atom. The summed E-state index contributed by atoms with van der Waals surface area (Å²) in [6.07, 6.45) is 0.528. The van der Waals surface area contributed by atoms with Crippen LogP contribution in [0.5, 0.6) is 0 Å². The van der Waals surface area contributed by atoms with Crippen molar-refractivity contribution in [3.05, 3.63) is 35.4 Å². The number of rotatable bonds is 4. The molecule has 0 spiro atoms. The van der Waals surface area contributed by atoms with Crippen molar-refractivity contribution >= 4 is 21.8 Å². The predicted molar refractivity (Wildman–Crippen MR) is 81.7 cm³/mol. The maximum atomic E-state index is 12.2. The summed E-state index contributed by atoms with van der Waals surface area (Å²) < 4.78 is 0. The summed E-state index contributed by atoms with van der Waals surface area (Å²) in [5, 5.41) is 1.00. The van der Waals surface area contributed by atoms with Crippen LogP contribution in [0.3, 0.4) is 0 Å². The van der Waals surface area contributed by atoms with Gasteiger partial charge in [0.2, 0.25) is 5.91 Å². The number of hydrogen-bond donors (Lipinski definition) is 0. The number of aryl methyl sites for hydroxylation is 1. The lowest BCUT2D eigenvalue weighted by Gasteiger charge is -2.34. The lowest BCUT2D eigenvalue weighted by Crippen LogP contribution is -2.49. The molecule has 2 rings (SSSR count). The minimum atomic E-state index is 0.254. The predicted octanol–water partition coefficient (Wildman–Crippen LogP) is 2.08. The fraction of sp³-hybridized carbons (Fsp3) is 0.533. The van der Waals surface area contributed by atoms with Crippen LogP contribution in [0, 0.1) is 6.92 Å². The van der Waals surface area contributed by atoms with Crippen LogP contribution in [0.15, 0.2) is 24.3 Å². The number of halogens is 1. The molecule has 1 aromatic carbocycles. The molecule has 1 heterocycles. The van der Waals surface area contributed by atoms with Gasteiger partial charge in [0.05, 0.1) is 6.42 Å². The van der Waals surface area contributed by atoms with Crippen LogP contribution >= 0.6 is 15.9 Å². The molecule has 1 aliphatic heterocycles. The third-order valence-corrected chi connectivity index (χ3v) is 3.92. The van der Waals surface area contributed by atoms with Crippen molar-refractivity contribution in [2.45, 2.75) is 13.3 Å². The van der Waals surface area contributed by atoms with E-state index in [4.69, 9.17) is 0 Å². The Morgan fingerprint density at radius 3 is 2.63 bits per heavy atom. The number of benzene rings is 1. The van der Waals surface area contributed by atoms with Gasteiger partial charge in [-0.25, -0.2) is 0 Å². The van der Waals surface area contributed by atoms with Gasteiger partial charge in [-0.05, 0) is 12.5 Å². The summed E-state index contributed by atoms with van der Waals surface area (Å²) >= 11 is 3.46. The third-order valence-electron chi connectivity index (χ3n) is 3.56.